The van der Waals surface area contributed by atoms with E-state index < -0.39 is 0 Å². The zero-order chi connectivity index (χ0) is 13.2. The molecule has 0 bridgehead atoms. The molecule has 3 atom stereocenters. The van der Waals surface area contributed by atoms with Gasteiger partial charge in [-0.2, -0.15) is 5.26 Å². The van der Waals surface area contributed by atoms with Gasteiger partial charge >= 0.3 is 0 Å². The quantitative estimate of drug-likeness (QED) is 0.888. The number of nitrogens with zero attached hydrogens (tertiary/aromatic N) is 1. The molecule has 0 radical (unpaired) electrons. The summed E-state index contributed by atoms with van der Waals surface area (Å²) in [5.74, 6) is 0.142. The highest BCUT2D eigenvalue weighted by Crippen LogP contribution is 2.36. The molecule has 2 fully saturated rings. The molecule has 0 amide bonds. The third-order valence-corrected chi connectivity index (χ3v) is 4.22. The minimum absolute atomic E-state index is 0.281. The van der Waals surface area contributed by atoms with Crippen LogP contribution in [0.15, 0.2) is 18.2 Å². The summed E-state index contributed by atoms with van der Waals surface area (Å²) >= 11 is 0. The van der Waals surface area contributed by atoms with E-state index in [4.69, 9.17) is 10.00 Å². The smallest absolute Gasteiger partial charge is 0.147 e. The van der Waals surface area contributed by atoms with E-state index in [2.05, 4.69) is 5.32 Å². The third-order valence-electron chi connectivity index (χ3n) is 4.22. The van der Waals surface area contributed by atoms with Crippen LogP contribution in [0.3, 0.4) is 0 Å². The van der Waals surface area contributed by atoms with Crippen molar-refractivity contribution < 1.29 is 9.13 Å². The van der Waals surface area contributed by atoms with Crippen molar-refractivity contribution in [3.05, 3.63) is 29.6 Å². The van der Waals surface area contributed by atoms with Crippen LogP contribution in [0.5, 0.6) is 0 Å². The second kappa shape index (κ2) is 5.18. The van der Waals surface area contributed by atoms with Crippen molar-refractivity contribution in [2.24, 2.45) is 5.92 Å². The van der Waals surface area contributed by atoms with Gasteiger partial charge in [0.2, 0.25) is 0 Å². The number of fused-ring (bicyclic) bond motifs is 1. The molecular formula is C15H17FN2O. The van der Waals surface area contributed by atoms with Gasteiger partial charge in [0.15, 0.2) is 0 Å². The minimum atomic E-state index is -0.347. The Labute approximate surface area is 112 Å². The average molecular weight is 260 g/mol. The highest BCUT2D eigenvalue weighted by Gasteiger charge is 2.37. The number of hydrogen-bond donors (Lipinski definition) is 1. The molecule has 3 nitrogen and oxygen atoms in total. The molecule has 19 heavy (non-hydrogen) atoms. The minimum Gasteiger partial charge on any atom is -0.380 e. The lowest BCUT2D eigenvalue weighted by molar-refractivity contribution is 0.0619. The van der Waals surface area contributed by atoms with Crippen molar-refractivity contribution in [3.8, 4) is 6.07 Å². The summed E-state index contributed by atoms with van der Waals surface area (Å²) in [5.41, 5.74) is 0.852. The topological polar surface area (TPSA) is 45.0 Å². The summed E-state index contributed by atoms with van der Waals surface area (Å²) in [6.07, 6.45) is 4.70. The van der Waals surface area contributed by atoms with Gasteiger partial charge in [0.05, 0.1) is 23.4 Å². The van der Waals surface area contributed by atoms with Gasteiger partial charge in [-0.05, 0) is 43.9 Å². The molecule has 1 aromatic carbocycles. The first-order valence-electron chi connectivity index (χ1n) is 6.86. The summed E-state index contributed by atoms with van der Waals surface area (Å²) in [6.45, 7) is 0.823. The average Bonchev–Trinajstić information content (AvgIpc) is 2.90. The van der Waals surface area contributed by atoms with E-state index in [0.29, 0.717) is 23.3 Å². The predicted octanol–water partition coefficient (Wildman–Crippen LogP) is 3.07. The molecule has 1 heterocycles. The molecule has 1 saturated heterocycles. The molecule has 1 aliphatic carbocycles. The summed E-state index contributed by atoms with van der Waals surface area (Å²) in [7, 11) is 0. The van der Waals surface area contributed by atoms with Gasteiger partial charge in [-0.3, -0.25) is 0 Å². The van der Waals surface area contributed by atoms with Crippen molar-refractivity contribution >= 4 is 5.69 Å². The Morgan fingerprint density at radius 3 is 3.00 bits per heavy atom. The van der Waals surface area contributed by atoms with Crippen molar-refractivity contribution in [1.29, 1.82) is 5.26 Å². The Kier molecular flexibility index (Phi) is 3.39. The molecule has 0 spiro atoms. The molecule has 1 aliphatic heterocycles. The van der Waals surface area contributed by atoms with Gasteiger partial charge in [-0.1, -0.05) is 0 Å². The molecule has 100 valence electrons. The maximum Gasteiger partial charge on any atom is 0.147 e. The molecule has 1 saturated carbocycles. The van der Waals surface area contributed by atoms with Crippen LogP contribution < -0.4 is 5.32 Å². The fourth-order valence-corrected chi connectivity index (χ4v) is 3.26. The standard InChI is InChI=1S/C15H17FN2O/c16-12-8-10(9-17)4-5-14(12)18-13-2-1-3-15-11(13)6-7-19-15/h4-5,8,11,13,15,18H,1-3,6-7H2. The van der Waals surface area contributed by atoms with Crippen LogP contribution in [0.2, 0.25) is 0 Å². The Morgan fingerprint density at radius 1 is 1.32 bits per heavy atom. The maximum absolute atomic E-state index is 13.9. The number of halogens is 1. The Bertz CT molecular complexity index is 511. The molecule has 2 aliphatic rings. The number of hydrogen-bond acceptors (Lipinski definition) is 3. The fraction of sp³-hybridized carbons (Fsp3) is 0.533. The molecule has 0 aromatic heterocycles. The van der Waals surface area contributed by atoms with E-state index in [1.807, 2.05) is 6.07 Å². The number of nitrogens with one attached hydrogen (secondary N) is 1. The molecule has 3 rings (SSSR count). The van der Waals surface area contributed by atoms with Gasteiger partial charge in [0.25, 0.3) is 0 Å². The van der Waals surface area contributed by atoms with E-state index in [-0.39, 0.29) is 11.9 Å². The van der Waals surface area contributed by atoms with Crippen LogP contribution in [-0.4, -0.2) is 18.8 Å². The van der Waals surface area contributed by atoms with Crippen LogP contribution in [0.1, 0.15) is 31.2 Å². The number of rotatable bonds is 2. The molecule has 1 aromatic rings. The number of ether oxygens (including phenoxy) is 1. The van der Waals surface area contributed by atoms with Gasteiger partial charge in [0.1, 0.15) is 5.82 Å². The van der Waals surface area contributed by atoms with Gasteiger partial charge in [0, 0.05) is 18.6 Å². The van der Waals surface area contributed by atoms with Crippen molar-refractivity contribution in [2.45, 2.75) is 37.8 Å². The molecule has 4 heteroatoms. The molecule has 3 unspecified atom stereocenters. The van der Waals surface area contributed by atoms with Crippen LogP contribution >= 0.6 is 0 Å². The van der Waals surface area contributed by atoms with Crippen LogP contribution in [0.4, 0.5) is 10.1 Å². The number of benzene rings is 1. The van der Waals surface area contributed by atoms with Gasteiger partial charge < -0.3 is 10.1 Å². The zero-order valence-electron chi connectivity index (χ0n) is 10.7. The monoisotopic (exact) mass is 260 g/mol. The van der Waals surface area contributed by atoms with E-state index >= 15 is 0 Å². The van der Waals surface area contributed by atoms with Crippen LogP contribution in [-0.2, 0) is 4.74 Å². The number of anilines is 1. The first-order chi connectivity index (χ1) is 9.28. The normalized spacial score (nSPS) is 29.6. The second-order valence-corrected chi connectivity index (χ2v) is 5.35. The first-order valence-corrected chi connectivity index (χ1v) is 6.86. The highest BCUT2D eigenvalue weighted by atomic mass is 19.1. The lowest BCUT2D eigenvalue weighted by Crippen LogP contribution is -2.38. The third kappa shape index (κ3) is 2.43. The zero-order valence-corrected chi connectivity index (χ0v) is 10.7. The van der Waals surface area contributed by atoms with Crippen molar-refractivity contribution in [3.63, 3.8) is 0 Å². The lowest BCUT2D eigenvalue weighted by atomic mass is 9.81. The predicted molar refractivity (Wildman–Crippen MR) is 70.2 cm³/mol. The van der Waals surface area contributed by atoms with E-state index in [9.17, 15) is 4.39 Å². The van der Waals surface area contributed by atoms with E-state index in [1.165, 1.54) is 6.07 Å². The maximum atomic E-state index is 13.9. The SMILES string of the molecule is N#Cc1ccc(NC2CCCC3OCCC23)c(F)c1. The fourth-order valence-electron chi connectivity index (χ4n) is 3.26. The lowest BCUT2D eigenvalue weighted by Gasteiger charge is -2.34. The first kappa shape index (κ1) is 12.4. The molecule has 1 N–H and O–H groups in total. The Hall–Kier alpha value is -1.60. The van der Waals surface area contributed by atoms with E-state index in [1.54, 1.807) is 12.1 Å². The van der Waals surface area contributed by atoms with E-state index in [0.717, 1.165) is 32.3 Å². The largest absolute Gasteiger partial charge is 0.380 e. The summed E-state index contributed by atoms with van der Waals surface area (Å²) < 4.78 is 19.6. The Balaban J connectivity index is 1.75. The summed E-state index contributed by atoms with van der Waals surface area (Å²) in [6, 6.07) is 6.82. The van der Waals surface area contributed by atoms with Crippen LogP contribution in [0.25, 0.3) is 0 Å². The van der Waals surface area contributed by atoms with Crippen molar-refractivity contribution in [1.82, 2.24) is 0 Å². The van der Waals surface area contributed by atoms with Gasteiger partial charge in [-0.25, -0.2) is 4.39 Å². The molecular weight excluding hydrogens is 243 g/mol. The summed E-state index contributed by atoms with van der Waals surface area (Å²) in [4.78, 5) is 0. The Morgan fingerprint density at radius 2 is 2.21 bits per heavy atom. The van der Waals surface area contributed by atoms with Crippen LogP contribution in [0, 0.1) is 23.1 Å². The highest BCUT2D eigenvalue weighted by molar-refractivity contribution is 5.49. The van der Waals surface area contributed by atoms with Crippen molar-refractivity contribution in [2.75, 3.05) is 11.9 Å². The van der Waals surface area contributed by atoms with Gasteiger partial charge in [-0.15, -0.1) is 0 Å². The summed E-state index contributed by atoms with van der Waals surface area (Å²) in [5, 5.41) is 12.1. The second-order valence-electron chi connectivity index (χ2n) is 5.35. The number of nitriles is 1.